The molecule has 0 unspecified atom stereocenters. The van der Waals surface area contributed by atoms with Crippen molar-refractivity contribution in [1.82, 2.24) is 10.2 Å². The molecule has 0 aromatic heterocycles. The van der Waals surface area contributed by atoms with Gasteiger partial charge in [-0.1, -0.05) is 70.0 Å². The van der Waals surface area contributed by atoms with Gasteiger partial charge in [-0.3, -0.25) is 9.59 Å². The molecule has 3 rings (SSSR count). The standard InChI is InChI=1S/C29H32BrClN2O3/c1-20-16-24(14-15-25(20)30)36-19-27(34)33(18-22-10-12-23(31)13-11-22)26(28(35)32-29(2,3)4)17-21-8-6-5-7-9-21/h5-16,26H,17-19H2,1-4H3,(H,32,35)/t26-/m0/s1. The second kappa shape index (κ2) is 12.4. The van der Waals surface area contributed by atoms with Crippen LogP contribution in [-0.4, -0.2) is 34.9 Å². The molecule has 2 amide bonds. The quantitative estimate of drug-likeness (QED) is 0.326. The summed E-state index contributed by atoms with van der Waals surface area (Å²) in [4.78, 5) is 28.8. The van der Waals surface area contributed by atoms with Crippen molar-refractivity contribution in [2.24, 2.45) is 0 Å². The highest BCUT2D eigenvalue weighted by Gasteiger charge is 2.32. The van der Waals surface area contributed by atoms with Crippen molar-refractivity contribution in [3.63, 3.8) is 0 Å². The maximum atomic E-state index is 13.6. The third-order valence-corrected chi connectivity index (χ3v) is 6.67. The number of rotatable bonds is 9. The zero-order valence-electron chi connectivity index (χ0n) is 21.1. The molecule has 0 aliphatic rings. The van der Waals surface area contributed by atoms with Crippen molar-refractivity contribution in [1.29, 1.82) is 0 Å². The van der Waals surface area contributed by atoms with E-state index in [0.717, 1.165) is 21.2 Å². The van der Waals surface area contributed by atoms with Gasteiger partial charge in [0.15, 0.2) is 6.61 Å². The predicted octanol–water partition coefficient (Wildman–Crippen LogP) is 6.34. The zero-order chi connectivity index (χ0) is 26.3. The molecule has 5 nitrogen and oxygen atoms in total. The molecule has 0 bridgehead atoms. The van der Waals surface area contributed by atoms with Crippen molar-refractivity contribution >= 4 is 39.3 Å². The molecule has 3 aromatic rings. The first-order valence-corrected chi connectivity index (χ1v) is 13.0. The highest BCUT2D eigenvalue weighted by molar-refractivity contribution is 9.10. The summed E-state index contributed by atoms with van der Waals surface area (Å²) in [6.45, 7) is 7.79. The molecule has 1 N–H and O–H groups in total. The largest absolute Gasteiger partial charge is 0.484 e. The van der Waals surface area contributed by atoms with Gasteiger partial charge in [0.05, 0.1) is 0 Å². The fourth-order valence-corrected chi connectivity index (χ4v) is 4.10. The van der Waals surface area contributed by atoms with E-state index in [2.05, 4.69) is 21.2 Å². The summed E-state index contributed by atoms with van der Waals surface area (Å²) >= 11 is 9.56. The Morgan fingerprint density at radius 1 is 1.00 bits per heavy atom. The van der Waals surface area contributed by atoms with Gasteiger partial charge in [0.2, 0.25) is 5.91 Å². The normalized spacial score (nSPS) is 12.1. The SMILES string of the molecule is Cc1cc(OCC(=O)N(Cc2ccc(Cl)cc2)[C@@H](Cc2ccccc2)C(=O)NC(C)(C)C)ccc1Br. The molecule has 0 heterocycles. The third kappa shape index (κ3) is 8.38. The number of halogens is 2. The summed E-state index contributed by atoms with van der Waals surface area (Å²) in [6, 6.07) is 21.8. The van der Waals surface area contributed by atoms with Crippen LogP contribution in [0.2, 0.25) is 5.02 Å². The number of carbonyl (C=O) groups is 2. The number of hydrogen-bond acceptors (Lipinski definition) is 3. The molecule has 36 heavy (non-hydrogen) atoms. The molecule has 190 valence electrons. The lowest BCUT2D eigenvalue weighted by Gasteiger charge is -2.33. The van der Waals surface area contributed by atoms with Crippen LogP contribution in [0.3, 0.4) is 0 Å². The minimum absolute atomic E-state index is 0.192. The topological polar surface area (TPSA) is 58.6 Å². The molecule has 0 spiro atoms. The van der Waals surface area contributed by atoms with E-state index >= 15 is 0 Å². The second-order valence-corrected chi connectivity index (χ2v) is 11.1. The van der Waals surface area contributed by atoms with Gasteiger partial charge >= 0.3 is 0 Å². The van der Waals surface area contributed by atoms with E-state index < -0.39 is 11.6 Å². The van der Waals surface area contributed by atoms with Crippen molar-refractivity contribution in [2.75, 3.05) is 6.61 Å². The molecule has 3 aromatic carbocycles. The number of carbonyl (C=O) groups excluding carboxylic acids is 2. The van der Waals surface area contributed by atoms with Crippen molar-refractivity contribution in [2.45, 2.75) is 52.2 Å². The minimum atomic E-state index is -0.731. The number of nitrogens with zero attached hydrogens (tertiary/aromatic N) is 1. The van der Waals surface area contributed by atoms with Crippen molar-refractivity contribution < 1.29 is 14.3 Å². The molecule has 0 fully saturated rings. The lowest BCUT2D eigenvalue weighted by atomic mass is 10.0. The Kier molecular flexibility index (Phi) is 9.57. The molecule has 0 aliphatic heterocycles. The fraction of sp³-hybridized carbons (Fsp3) is 0.310. The third-order valence-electron chi connectivity index (χ3n) is 5.53. The Hall–Kier alpha value is -2.83. The molecule has 0 aliphatic carbocycles. The molecule has 1 atom stereocenters. The maximum absolute atomic E-state index is 13.6. The monoisotopic (exact) mass is 570 g/mol. The number of benzene rings is 3. The van der Waals surface area contributed by atoms with Crippen LogP contribution in [0.1, 0.15) is 37.5 Å². The smallest absolute Gasteiger partial charge is 0.261 e. The molecule has 0 radical (unpaired) electrons. The lowest BCUT2D eigenvalue weighted by molar-refractivity contribution is -0.143. The van der Waals surface area contributed by atoms with E-state index in [4.69, 9.17) is 16.3 Å². The van der Waals surface area contributed by atoms with Crippen LogP contribution < -0.4 is 10.1 Å². The number of ether oxygens (including phenoxy) is 1. The van der Waals surface area contributed by atoms with Crippen molar-refractivity contribution in [3.8, 4) is 5.75 Å². The highest BCUT2D eigenvalue weighted by Crippen LogP contribution is 2.22. The number of hydrogen-bond donors (Lipinski definition) is 1. The fourth-order valence-electron chi connectivity index (χ4n) is 3.73. The Balaban J connectivity index is 1.92. The Morgan fingerprint density at radius 2 is 1.67 bits per heavy atom. The van der Waals surface area contributed by atoms with Crippen LogP contribution in [0.25, 0.3) is 0 Å². The van der Waals surface area contributed by atoms with E-state index in [-0.39, 0.29) is 25.0 Å². The molecular formula is C29H32BrClN2O3. The van der Waals surface area contributed by atoms with Gasteiger partial charge in [-0.25, -0.2) is 0 Å². The van der Waals surface area contributed by atoms with Gasteiger partial charge in [-0.2, -0.15) is 0 Å². The summed E-state index contributed by atoms with van der Waals surface area (Å²) in [5, 5.41) is 3.67. The molecule has 0 saturated heterocycles. The highest BCUT2D eigenvalue weighted by atomic mass is 79.9. The maximum Gasteiger partial charge on any atom is 0.261 e. The minimum Gasteiger partial charge on any atom is -0.484 e. The number of amides is 2. The lowest BCUT2D eigenvalue weighted by Crippen LogP contribution is -2.55. The Bertz CT molecular complexity index is 1180. The second-order valence-electron chi connectivity index (χ2n) is 9.79. The van der Waals surface area contributed by atoms with Crippen LogP contribution in [0.15, 0.2) is 77.3 Å². The summed E-state index contributed by atoms with van der Waals surface area (Å²) in [5.41, 5.74) is 2.38. The van der Waals surface area contributed by atoms with Gasteiger partial charge < -0.3 is 15.0 Å². The van der Waals surface area contributed by atoms with E-state index in [9.17, 15) is 9.59 Å². The van der Waals surface area contributed by atoms with Crippen LogP contribution in [0, 0.1) is 6.92 Å². The molecular weight excluding hydrogens is 540 g/mol. The average molecular weight is 572 g/mol. The van der Waals surface area contributed by atoms with Gasteiger partial charge in [-0.05, 0) is 74.7 Å². The predicted molar refractivity (Wildman–Crippen MR) is 148 cm³/mol. The van der Waals surface area contributed by atoms with Crippen molar-refractivity contribution in [3.05, 3.63) is 99.0 Å². The summed E-state index contributed by atoms with van der Waals surface area (Å²) < 4.78 is 6.82. The average Bonchev–Trinajstić information content (AvgIpc) is 2.82. The molecule has 0 saturated carbocycles. The zero-order valence-corrected chi connectivity index (χ0v) is 23.4. The van der Waals surface area contributed by atoms with E-state index in [1.807, 2.05) is 88.4 Å². The summed E-state index contributed by atoms with van der Waals surface area (Å²) in [6.07, 6.45) is 0.374. The first kappa shape index (κ1) is 27.8. The number of nitrogens with one attached hydrogen (secondary N) is 1. The Morgan fingerprint density at radius 3 is 2.28 bits per heavy atom. The van der Waals surface area contributed by atoms with Gasteiger partial charge in [0.25, 0.3) is 5.91 Å². The van der Waals surface area contributed by atoms with Gasteiger partial charge in [-0.15, -0.1) is 0 Å². The summed E-state index contributed by atoms with van der Waals surface area (Å²) in [7, 11) is 0. The van der Waals surface area contributed by atoms with Crippen LogP contribution in [0.5, 0.6) is 5.75 Å². The van der Waals surface area contributed by atoms with Crippen LogP contribution in [0.4, 0.5) is 0 Å². The van der Waals surface area contributed by atoms with Gasteiger partial charge in [0.1, 0.15) is 11.8 Å². The first-order chi connectivity index (χ1) is 17.0. The first-order valence-electron chi connectivity index (χ1n) is 11.8. The Labute approximate surface area is 226 Å². The van der Waals surface area contributed by atoms with Crippen LogP contribution in [-0.2, 0) is 22.6 Å². The molecule has 7 heteroatoms. The van der Waals surface area contributed by atoms with E-state index in [1.54, 1.807) is 17.0 Å². The van der Waals surface area contributed by atoms with E-state index in [0.29, 0.717) is 17.2 Å². The van der Waals surface area contributed by atoms with Crippen LogP contribution >= 0.6 is 27.5 Å². The summed E-state index contributed by atoms with van der Waals surface area (Å²) in [5.74, 6) is 0.0953. The van der Waals surface area contributed by atoms with Gasteiger partial charge in [0, 0.05) is 28.0 Å². The number of aryl methyl sites for hydroxylation is 1. The van der Waals surface area contributed by atoms with E-state index in [1.165, 1.54) is 0 Å².